The Bertz CT molecular complexity index is 842. The van der Waals surface area contributed by atoms with Crippen LogP contribution in [0.25, 0.3) is 0 Å². The summed E-state index contributed by atoms with van der Waals surface area (Å²) >= 11 is 1.66. The van der Waals surface area contributed by atoms with Crippen LogP contribution in [0.15, 0.2) is 35.0 Å². The summed E-state index contributed by atoms with van der Waals surface area (Å²) in [7, 11) is -1.26. The van der Waals surface area contributed by atoms with Gasteiger partial charge >= 0.3 is 0 Å². The SMILES string of the molecule is Cc1ccc(C)c(CS(=O)(=O)NCC(c2ccsc2)N2CCN(C)CC2)c1. The van der Waals surface area contributed by atoms with Gasteiger partial charge in [-0.2, -0.15) is 11.3 Å². The van der Waals surface area contributed by atoms with Gasteiger partial charge in [0.1, 0.15) is 0 Å². The Morgan fingerprint density at radius 1 is 1.15 bits per heavy atom. The second-order valence-electron chi connectivity index (χ2n) is 7.45. The van der Waals surface area contributed by atoms with Crippen molar-refractivity contribution in [3.63, 3.8) is 0 Å². The topological polar surface area (TPSA) is 52.7 Å². The third-order valence-corrected chi connectivity index (χ3v) is 7.25. The van der Waals surface area contributed by atoms with Gasteiger partial charge in [0.25, 0.3) is 0 Å². The molecule has 148 valence electrons. The monoisotopic (exact) mass is 407 g/mol. The minimum atomic E-state index is -3.39. The van der Waals surface area contributed by atoms with Crippen LogP contribution in [0.3, 0.4) is 0 Å². The lowest BCUT2D eigenvalue weighted by Crippen LogP contribution is -2.48. The normalized spacial score (nSPS) is 17.9. The quantitative estimate of drug-likeness (QED) is 0.767. The van der Waals surface area contributed by atoms with Crippen LogP contribution in [0.2, 0.25) is 0 Å². The summed E-state index contributed by atoms with van der Waals surface area (Å²) in [6.07, 6.45) is 0. The summed E-state index contributed by atoms with van der Waals surface area (Å²) in [4.78, 5) is 4.70. The molecule has 1 unspecified atom stereocenters. The van der Waals surface area contributed by atoms with Crippen molar-refractivity contribution in [3.8, 4) is 0 Å². The molecule has 1 saturated heterocycles. The van der Waals surface area contributed by atoms with Gasteiger partial charge in [0, 0.05) is 38.8 Å². The van der Waals surface area contributed by atoms with Crippen LogP contribution >= 0.6 is 11.3 Å². The van der Waals surface area contributed by atoms with Gasteiger partial charge < -0.3 is 4.90 Å². The first-order valence-electron chi connectivity index (χ1n) is 9.32. The molecule has 1 N–H and O–H groups in total. The number of piperazine rings is 1. The molecule has 5 nitrogen and oxygen atoms in total. The maximum Gasteiger partial charge on any atom is 0.215 e. The zero-order valence-electron chi connectivity index (χ0n) is 16.3. The number of aryl methyl sites for hydroxylation is 2. The highest BCUT2D eigenvalue weighted by atomic mass is 32.2. The lowest BCUT2D eigenvalue weighted by molar-refractivity contribution is 0.113. The van der Waals surface area contributed by atoms with Crippen molar-refractivity contribution in [2.24, 2.45) is 0 Å². The Hall–Kier alpha value is -1.25. The maximum absolute atomic E-state index is 12.7. The Balaban J connectivity index is 1.69. The van der Waals surface area contributed by atoms with Crippen molar-refractivity contribution in [2.75, 3.05) is 39.8 Å². The van der Waals surface area contributed by atoms with Crippen molar-refractivity contribution in [3.05, 3.63) is 57.3 Å². The number of likely N-dealkylation sites (N-methyl/N-ethyl adjacent to an activating group) is 1. The average molecular weight is 408 g/mol. The summed E-state index contributed by atoms with van der Waals surface area (Å²) in [6, 6.07) is 8.15. The van der Waals surface area contributed by atoms with Crippen LogP contribution in [-0.2, 0) is 15.8 Å². The van der Waals surface area contributed by atoms with Gasteiger partial charge in [-0.15, -0.1) is 0 Å². The third kappa shape index (κ3) is 5.62. The highest BCUT2D eigenvalue weighted by molar-refractivity contribution is 7.88. The Morgan fingerprint density at radius 2 is 1.89 bits per heavy atom. The standard InChI is InChI=1S/C20H29N3O2S2/c1-16-4-5-17(2)19(12-16)15-27(24,25)21-13-20(18-6-11-26-14-18)23-9-7-22(3)8-10-23/h4-6,11-12,14,20-21H,7-10,13,15H2,1-3H3. The zero-order valence-corrected chi connectivity index (χ0v) is 17.9. The second kappa shape index (κ2) is 8.84. The van der Waals surface area contributed by atoms with Crippen molar-refractivity contribution >= 4 is 21.4 Å². The summed E-state index contributed by atoms with van der Waals surface area (Å²) in [5.41, 5.74) is 4.16. The molecular formula is C20H29N3O2S2. The van der Waals surface area contributed by atoms with Crippen LogP contribution in [0.4, 0.5) is 0 Å². The fraction of sp³-hybridized carbons (Fsp3) is 0.500. The van der Waals surface area contributed by atoms with E-state index in [-0.39, 0.29) is 11.8 Å². The van der Waals surface area contributed by atoms with E-state index in [4.69, 9.17) is 0 Å². The van der Waals surface area contributed by atoms with Gasteiger partial charge in [0.2, 0.25) is 10.0 Å². The van der Waals surface area contributed by atoms with E-state index >= 15 is 0 Å². The molecule has 27 heavy (non-hydrogen) atoms. The summed E-state index contributed by atoms with van der Waals surface area (Å²) in [5.74, 6) is 0.0274. The molecular weight excluding hydrogens is 378 g/mol. The fourth-order valence-electron chi connectivity index (χ4n) is 3.47. The highest BCUT2D eigenvalue weighted by Gasteiger charge is 2.26. The summed E-state index contributed by atoms with van der Waals surface area (Å²) < 4.78 is 28.3. The first kappa shape index (κ1) is 20.5. The molecule has 1 aliphatic rings. The Kier molecular flexibility index (Phi) is 6.70. The lowest BCUT2D eigenvalue weighted by Gasteiger charge is -2.38. The van der Waals surface area contributed by atoms with Gasteiger partial charge in [-0.05, 0) is 54.4 Å². The molecule has 2 aromatic rings. The van der Waals surface area contributed by atoms with Crippen molar-refractivity contribution in [1.29, 1.82) is 0 Å². The predicted octanol–water partition coefficient (Wildman–Crippen LogP) is 2.77. The van der Waals surface area contributed by atoms with Crippen LogP contribution < -0.4 is 4.72 Å². The van der Waals surface area contributed by atoms with Crippen LogP contribution in [-0.4, -0.2) is 58.0 Å². The minimum absolute atomic E-state index is 0.0274. The van der Waals surface area contributed by atoms with E-state index in [0.717, 1.165) is 42.9 Å². The van der Waals surface area contributed by atoms with Gasteiger partial charge in [-0.1, -0.05) is 23.8 Å². The molecule has 1 aliphatic heterocycles. The second-order valence-corrected chi connectivity index (χ2v) is 10.0. The van der Waals surface area contributed by atoms with E-state index in [0.29, 0.717) is 6.54 Å². The number of sulfonamides is 1. The Labute approximate surface area is 167 Å². The predicted molar refractivity (Wildman–Crippen MR) is 113 cm³/mol. The first-order valence-corrected chi connectivity index (χ1v) is 11.9. The number of hydrogen-bond acceptors (Lipinski definition) is 5. The van der Waals surface area contributed by atoms with Crippen molar-refractivity contribution in [2.45, 2.75) is 25.6 Å². The maximum atomic E-state index is 12.7. The largest absolute Gasteiger partial charge is 0.304 e. The van der Waals surface area contributed by atoms with Gasteiger partial charge in [-0.25, -0.2) is 13.1 Å². The molecule has 1 atom stereocenters. The molecule has 1 aromatic carbocycles. The molecule has 7 heteroatoms. The molecule has 0 bridgehead atoms. The lowest BCUT2D eigenvalue weighted by atomic mass is 10.1. The van der Waals surface area contributed by atoms with Crippen molar-refractivity contribution < 1.29 is 8.42 Å². The zero-order chi connectivity index (χ0) is 19.4. The molecule has 0 radical (unpaired) electrons. The van der Waals surface area contributed by atoms with E-state index in [1.165, 1.54) is 5.56 Å². The van der Waals surface area contributed by atoms with Crippen LogP contribution in [0.5, 0.6) is 0 Å². The van der Waals surface area contributed by atoms with E-state index < -0.39 is 10.0 Å². The molecule has 2 heterocycles. The molecule has 0 aliphatic carbocycles. The van der Waals surface area contributed by atoms with Crippen LogP contribution in [0, 0.1) is 13.8 Å². The van der Waals surface area contributed by atoms with E-state index in [1.807, 2.05) is 32.0 Å². The van der Waals surface area contributed by atoms with Gasteiger partial charge in [-0.3, -0.25) is 4.90 Å². The Morgan fingerprint density at radius 3 is 2.56 bits per heavy atom. The van der Waals surface area contributed by atoms with E-state index in [2.05, 4.69) is 38.4 Å². The smallest absolute Gasteiger partial charge is 0.215 e. The van der Waals surface area contributed by atoms with Crippen molar-refractivity contribution in [1.82, 2.24) is 14.5 Å². The van der Waals surface area contributed by atoms with E-state index in [1.54, 1.807) is 11.3 Å². The van der Waals surface area contributed by atoms with Gasteiger partial charge in [0.15, 0.2) is 0 Å². The highest BCUT2D eigenvalue weighted by Crippen LogP contribution is 2.24. The molecule has 1 fully saturated rings. The third-order valence-electron chi connectivity index (χ3n) is 5.25. The number of nitrogens with zero attached hydrogens (tertiary/aromatic N) is 2. The fourth-order valence-corrected chi connectivity index (χ4v) is 5.41. The summed E-state index contributed by atoms with van der Waals surface area (Å²) in [5, 5.41) is 4.19. The number of nitrogens with one attached hydrogen (secondary N) is 1. The number of rotatable bonds is 7. The number of benzene rings is 1. The molecule has 3 rings (SSSR count). The molecule has 0 saturated carbocycles. The first-order chi connectivity index (χ1) is 12.8. The van der Waals surface area contributed by atoms with Crippen LogP contribution in [0.1, 0.15) is 28.3 Å². The molecule has 0 spiro atoms. The summed E-state index contributed by atoms with van der Waals surface area (Å²) in [6.45, 7) is 8.29. The van der Waals surface area contributed by atoms with E-state index in [9.17, 15) is 8.42 Å². The number of thiophene rings is 1. The molecule has 1 aromatic heterocycles. The molecule has 0 amide bonds. The van der Waals surface area contributed by atoms with Gasteiger partial charge in [0.05, 0.1) is 5.75 Å². The average Bonchev–Trinajstić information content (AvgIpc) is 3.14. The minimum Gasteiger partial charge on any atom is -0.304 e. The number of hydrogen-bond donors (Lipinski definition) is 1.